The van der Waals surface area contributed by atoms with Crippen LogP contribution in [0, 0.1) is 0 Å². The van der Waals surface area contributed by atoms with Crippen molar-refractivity contribution in [2.75, 3.05) is 6.54 Å². The minimum Gasteiger partial charge on any atom is -0.490 e. The molecule has 19 heavy (non-hydrogen) atoms. The third-order valence-electron chi connectivity index (χ3n) is 3.17. The molecule has 0 fully saturated rings. The summed E-state index contributed by atoms with van der Waals surface area (Å²) in [7, 11) is 0. The monoisotopic (exact) mass is 258 g/mol. The van der Waals surface area contributed by atoms with Crippen LogP contribution < -0.4 is 10.1 Å². The maximum absolute atomic E-state index is 6.06. The molecule has 2 aromatic rings. The molecule has 1 aromatic carbocycles. The van der Waals surface area contributed by atoms with Crippen molar-refractivity contribution in [3.05, 3.63) is 36.5 Å². The maximum Gasteiger partial charge on any atom is 0.129 e. The average molecular weight is 258 g/mol. The van der Waals surface area contributed by atoms with Gasteiger partial charge in [-0.3, -0.25) is 4.98 Å². The van der Waals surface area contributed by atoms with Crippen molar-refractivity contribution in [1.29, 1.82) is 0 Å². The second-order valence-corrected chi connectivity index (χ2v) is 4.95. The summed E-state index contributed by atoms with van der Waals surface area (Å²) in [6, 6.07) is 10.5. The van der Waals surface area contributed by atoms with Crippen molar-refractivity contribution in [3.63, 3.8) is 0 Å². The molecule has 0 aliphatic carbocycles. The van der Waals surface area contributed by atoms with Gasteiger partial charge in [0.2, 0.25) is 0 Å². The van der Waals surface area contributed by atoms with Gasteiger partial charge in [0.1, 0.15) is 5.75 Å². The van der Waals surface area contributed by atoms with E-state index in [9.17, 15) is 0 Å². The first-order valence-corrected chi connectivity index (χ1v) is 6.94. The predicted octanol–water partition coefficient (Wildman–Crippen LogP) is 3.39. The van der Waals surface area contributed by atoms with Crippen molar-refractivity contribution in [2.24, 2.45) is 0 Å². The van der Waals surface area contributed by atoms with E-state index in [0.717, 1.165) is 29.6 Å². The first-order valence-electron chi connectivity index (χ1n) is 6.94. The second-order valence-electron chi connectivity index (χ2n) is 4.95. The van der Waals surface area contributed by atoms with E-state index in [0.29, 0.717) is 6.04 Å². The van der Waals surface area contributed by atoms with Crippen LogP contribution in [0.5, 0.6) is 5.75 Å². The lowest BCUT2D eigenvalue weighted by Crippen LogP contribution is -2.30. The third-order valence-corrected chi connectivity index (χ3v) is 3.17. The summed E-state index contributed by atoms with van der Waals surface area (Å²) in [6.07, 6.45) is 2.98. The molecule has 0 aliphatic rings. The molecule has 0 saturated carbocycles. The first-order chi connectivity index (χ1) is 9.20. The van der Waals surface area contributed by atoms with Crippen LogP contribution >= 0.6 is 0 Å². The molecule has 2 atom stereocenters. The molecule has 0 aliphatic heterocycles. The summed E-state index contributed by atoms with van der Waals surface area (Å²) in [4.78, 5) is 4.35. The highest BCUT2D eigenvalue weighted by molar-refractivity contribution is 5.84. The Morgan fingerprint density at radius 1 is 1.21 bits per heavy atom. The zero-order valence-corrected chi connectivity index (χ0v) is 11.9. The fourth-order valence-electron chi connectivity index (χ4n) is 2.37. The van der Waals surface area contributed by atoms with Crippen molar-refractivity contribution in [3.8, 4) is 5.75 Å². The topological polar surface area (TPSA) is 34.1 Å². The summed E-state index contributed by atoms with van der Waals surface area (Å²) < 4.78 is 6.06. The van der Waals surface area contributed by atoms with Gasteiger partial charge in [0, 0.05) is 17.6 Å². The zero-order chi connectivity index (χ0) is 13.7. The Kier molecular flexibility index (Phi) is 4.74. The summed E-state index contributed by atoms with van der Waals surface area (Å²) in [5.74, 6) is 0.918. The number of pyridine rings is 1. The normalized spacial score (nSPS) is 14.3. The molecule has 1 N–H and O–H groups in total. The van der Waals surface area contributed by atoms with E-state index >= 15 is 0 Å². The minimum absolute atomic E-state index is 0.180. The Bertz CT molecular complexity index is 522. The van der Waals surface area contributed by atoms with Crippen LogP contribution in [0.2, 0.25) is 0 Å². The summed E-state index contributed by atoms with van der Waals surface area (Å²) in [5, 5.41) is 4.48. The molecule has 2 unspecified atom stereocenters. The fourth-order valence-corrected chi connectivity index (χ4v) is 2.37. The van der Waals surface area contributed by atoms with E-state index in [1.165, 1.54) is 0 Å². The fraction of sp³-hybridized carbons (Fsp3) is 0.438. The van der Waals surface area contributed by atoms with Crippen molar-refractivity contribution in [2.45, 2.75) is 39.3 Å². The van der Waals surface area contributed by atoms with Crippen molar-refractivity contribution >= 4 is 10.9 Å². The highest BCUT2D eigenvalue weighted by Gasteiger charge is 2.11. The molecule has 0 radical (unpaired) electrons. The van der Waals surface area contributed by atoms with E-state index in [1.807, 2.05) is 30.5 Å². The van der Waals surface area contributed by atoms with Gasteiger partial charge in [-0.25, -0.2) is 0 Å². The number of nitrogens with one attached hydrogen (secondary N) is 1. The third kappa shape index (κ3) is 3.67. The summed E-state index contributed by atoms with van der Waals surface area (Å²) >= 11 is 0. The number of nitrogens with zero attached hydrogens (tertiary/aromatic N) is 1. The summed E-state index contributed by atoms with van der Waals surface area (Å²) in [5.41, 5.74) is 0.979. The number of aromatic nitrogens is 1. The maximum atomic E-state index is 6.06. The molecular weight excluding hydrogens is 236 g/mol. The number of fused-ring (bicyclic) bond motifs is 1. The number of hydrogen-bond donors (Lipinski definition) is 1. The van der Waals surface area contributed by atoms with E-state index in [1.54, 1.807) is 0 Å². The summed E-state index contributed by atoms with van der Waals surface area (Å²) in [6.45, 7) is 7.42. The predicted molar refractivity (Wildman–Crippen MR) is 79.6 cm³/mol. The van der Waals surface area contributed by atoms with Gasteiger partial charge in [0.15, 0.2) is 0 Å². The van der Waals surface area contributed by atoms with E-state index in [-0.39, 0.29) is 6.10 Å². The Labute approximate surface area is 115 Å². The number of benzene rings is 1. The van der Waals surface area contributed by atoms with Crippen LogP contribution in [0.25, 0.3) is 10.9 Å². The number of rotatable bonds is 6. The molecule has 0 bridgehead atoms. The molecule has 0 saturated heterocycles. The van der Waals surface area contributed by atoms with Crippen LogP contribution in [0.3, 0.4) is 0 Å². The molecule has 1 aromatic heterocycles. The van der Waals surface area contributed by atoms with Gasteiger partial charge >= 0.3 is 0 Å². The molecule has 3 heteroatoms. The quantitative estimate of drug-likeness (QED) is 0.862. The van der Waals surface area contributed by atoms with Gasteiger partial charge in [0.25, 0.3) is 0 Å². The van der Waals surface area contributed by atoms with Crippen molar-refractivity contribution < 1.29 is 4.74 Å². The van der Waals surface area contributed by atoms with Gasteiger partial charge in [-0.1, -0.05) is 13.0 Å². The van der Waals surface area contributed by atoms with Gasteiger partial charge < -0.3 is 10.1 Å². The Balaban J connectivity index is 2.08. The molecule has 0 spiro atoms. The van der Waals surface area contributed by atoms with Crippen LogP contribution in [0.15, 0.2) is 36.5 Å². The standard InChI is InChI=1S/C16H22N2O/c1-4-17-12(2)11-13(3)19-16-9-5-8-15-14(16)7-6-10-18-15/h5-10,12-13,17H,4,11H2,1-3H3. The van der Waals surface area contributed by atoms with E-state index < -0.39 is 0 Å². The Morgan fingerprint density at radius 3 is 2.84 bits per heavy atom. The van der Waals surface area contributed by atoms with Crippen molar-refractivity contribution in [1.82, 2.24) is 10.3 Å². The Morgan fingerprint density at radius 2 is 2.05 bits per heavy atom. The number of ether oxygens (including phenoxy) is 1. The molecule has 2 rings (SSSR count). The second kappa shape index (κ2) is 6.53. The molecule has 0 amide bonds. The van der Waals surface area contributed by atoms with Gasteiger partial charge in [-0.05, 0) is 51.1 Å². The van der Waals surface area contributed by atoms with E-state index in [2.05, 4.69) is 37.1 Å². The van der Waals surface area contributed by atoms with Crippen LogP contribution in [0.1, 0.15) is 27.2 Å². The zero-order valence-electron chi connectivity index (χ0n) is 11.9. The average Bonchev–Trinajstić information content (AvgIpc) is 2.39. The van der Waals surface area contributed by atoms with Gasteiger partial charge in [0.05, 0.1) is 11.6 Å². The van der Waals surface area contributed by atoms with E-state index in [4.69, 9.17) is 4.74 Å². The van der Waals surface area contributed by atoms with Crippen LogP contribution in [-0.4, -0.2) is 23.7 Å². The molecular formula is C16H22N2O. The Hall–Kier alpha value is -1.61. The lowest BCUT2D eigenvalue weighted by Gasteiger charge is -2.20. The highest BCUT2D eigenvalue weighted by atomic mass is 16.5. The molecule has 3 nitrogen and oxygen atoms in total. The number of hydrogen-bond acceptors (Lipinski definition) is 3. The minimum atomic E-state index is 0.180. The van der Waals surface area contributed by atoms with Crippen LogP contribution in [-0.2, 0) is 0 Å². The van der Waals surface area contributed by atoms with Gasteiger partial charge in [-0.15, -0.1) is 0 Å². The molecule has 1 heterocycles. The van der Waals surface area contributed by atoms with Gasteiger partial charge in [-0.2, -0.15) is 0 Å². The SMILES string of the molecule is CCNC(C)CC(C)Oc1cccc2ncccc12. The lowest BCUT2D eigenvalue weighted by molar-refractivity contribution is 0.199. The highest BCUT2D eigenvalue weighted by Crippen LogP contribution is 2.25. The smallest absolute Gasteiger partial charge is 0.129 e. The van der Waals surface area contributed by atoms with Crippen LogP contribution in [0.4, 0.5) is 0 Å². The first kappa shape index (κ1) is 13.8. The largest absolute Gasteiger partial charge is 0.490 e. The molecule has 102 valence electrons. The lowest BCUT2D eigenvalue weighted by atomic mass is 10.1.